The summed E-state index contributed by atoms with van der Waals surface area (Å²) in [7, 11) is 0. The Balaban J connectivity index is 1.14. The van der Waals surface area contributed by atoms with Crippen molar-refractivity contribution in [3.63, 3.8) is 0 Å². The van der Waals surface area contributed by atoms with Crippen LogP contribution in [0.25, 0.3) is 0 Å². The van der Waals surface area contributed by atoms with Gasteiger partial charge in [-0.15, -0.1) is 0 Å². The van der Waals surface area contributed by atoms with Gasteiger partial charge in [0.15, 0.2) is 5.76 Å². The Hall–Kier alpha value is -4.10. The predicted octanol–water partition coefficient (Wildman–Crippen LogP) is 5.58. The van der Waals surface area contributed by atoms with Gasteiger partial charge in [0, 0.05) is 49.7 Å². The monoisotopic (exact) mass is 538 g/mol. The van der Waals surface area contributed by atoms with E-state index in [0.717, 1.165) is 44.6 Å². The van der Waals surface area contributed by atoms with Gasteiger partial charge in [0.25, 0.3) is 11.8 Å². The summed E-state index contributed by atoms with van der Waals surface area (Å²) in [5.41, 5.74) is 3.03. The van der Waals surface area contributed by atoms with Crippen molar-refractivity contribution in [1.82, 2.24) is 19.7 Å². The lowest BCUT2D eigenvalue weighted by atomic mass is 10.0. The van der Waals surface area contributed by atoms with Crippen LogP contribution in [-0.2, 0) is 19.6 Å². The number of hydrogen-bond donors (Lipinski definition) is 1. The molecule has 1 fully saturated rings. The van der Waals surface area contributed by atoms with Gasteiger partial charge < -0.3 is 19.2 Å². The topological polar surface area (TPSA) is 70.7 Å². The fourth-order valence-corrected chi connectivity index (χ4v) is 5.31. The quantitative estimate of drug-likeness (QED) is 0.271. The van der Waals surface area contributed by atoms with Crippen molar-refractivity contribution < 1.29 is 14.0 Å². The molecule has 40 heavy (non-hydrogen) atoms. The van der Waals surface area contributed by atoms with Gasteiger partial charge in [-0.1, -0.05) is 55.5 Å². The van der Waals surface area contributed by atoms with E-state index in [2.05, 4.69) is 46.0 Å². The van der Waals surface area contributed by atoms with Crippen LogP contribution in [0.1, 0.15) is 64.1 Å². The number of furan rings is 1. The highest BCUT2D eigenvalue weighted by Gasteiger charge is 2.23. The molecule has 208 valence electrons. The standard InChI is InChI=1S/C33H38N4O3/c1-2-19-37(33(39)27-12-7-4-8-13-27)24-29-14-9-20-36(29)25-30-15-16-31(40-30)32(38)34-28-17-21-35(22-18-28)23-26-10-5-3-6-11-26/h3-16,20,28H,2,17-19,21-25H2,1H3,(H,34,38). The fraction of sp³-hybridized carbons (Fsp3) is 0.333. The first kappa shape index (κ1) is 27.5. The summed E-state index contributed by atoms with van der Waals surface area (Å²) in [6, 6.07) is 27.7. The number of nitrogens with zero attached hydrogens (tertiary/aromatic N) is 3. The molecule has 7 nitrogen and oxygen atoms in total. The van der Waals surface area contributed by atoms with E-state index in [4.69, 9.17) is 4.42 Å². The summed E-state index contributed by atoms with van der Waals surface area (Å²) < 4.78 is 8.03. The molecule has 4 aromatic rings. The zero-order valence-corrected chi connectivity index (χ0v) is 23.2. The van der Waals surface area contributed by atoms with Gasteiger partial charge in [0.05, 0.1) is 13.1 Å². The maximum absolute atomic E-state index is 13.1. The summed E-state index contributed by atoms with van der Waals surface area (Å²) in [5, 5.41) is 3.16. The molecule has 5 rings (SSSR count). The molecule has 7 heteroatoms. The van der Waals surface area contributed by atoms with E-state index in [0.29, 0.717) is 36.7 Å². The number of nitrogens with one attached hydrogen (secondary N) is 1. The van der Waals surface area contributed by atoms with Crippen molar-refractivity contribution in [3.05, 3.63) is 119 Å². The molecule has 0 radical (unpaired) electrons. The number of benzene rings is 2. The summed E-state index contributed by atoms with van der Waals surface area (Å²) >= 11 is 0. The largest absolute Gasteiger partial charge is 0.454 e. The molecule has 1 aliphatic rings. The van der Waals surface area contributed by atoms with E-state index < -0.39 is 0 Å². The third kappa shape index (κ3) is 7.10. The minimum Gasteiger partial charge on any atom is -0.454 e. The second kappa shape index (κ2) is 13.3. The number of carbonyl (C=O) groups excluding carboxylic acids is 2. The first-order valence-corrected chi connectivity index (χ1v) is 14.2. The average Bonchev–Trinajstić information content (AvgIpc) is 3.64. The van der Waals surface area contributed by atoms with Crippen LogP contribution >= 0.6 is 0 Å². The lowest BCUT2D eigenvalue weighted by molar-refractivity contribution is 0.0739. The number of rotatable bonds is 11. The van der Waals surface area contributed by atoms with Gasteiger partial charge >= 0.3 is 0 Å². The highest BCUT2D eigenvalue weighted by atomic mass is 16.4. The van der Waals surface area contributed by atoms with E-state index in [9.17, 15) is 9.59 Å². The Morgan fingerprint density at radius 1 is 0.900 bits per heavy atom. The molecular formula is C33H38N4O3. The number of carbonyl (C=O) groups is 2. The van der Waals surface area contributed by atoms with Crippen LogP contribution in [-0.4, -0.2) is 51.9 Å². The summed E-state index contributed by atoms with van der Waals surface area (Å²) in [6.07, 6.45) is 4.71. The van der Waals surface area contributed by atoms with Gasteiger partial charge in [-0.25, -0.2) is 0 Å². The zero-order chi connectivity index (χ0) is 27.7. The maximum Gasteiger partial charge on any atom is 0.287 e. The number of aromatic nitrogens is 1. The molecule has 2 amide bonds. The van der Waals surface area contributed by atoms with Crippen molar-refractivity contribution in [2.45, 2.75) is 51.9 Å². The van der Waals surface area contributed by atoms with Gasteiger partial charge in [-0.3, -0.25) is 14.5 Å². The zero-order valence-electron chi connectivity index (χ0n) is 23.2. The van der Waals surface area contributed by atoms with Crippen molar-refractivity contribution >= 4 is 11.8 Å². The molecule has 0 saturated carbocycles. The van der Waals surface area contributed by atoms with E-state index in [1.54, 1.807) is 6.07 Å². The second-order valence-electron chi connectivity index (χ2n) is 10.5. The van der Waals surface area contributed by atoms with Crippen LogP contribution < -0.4 is 5.32 Å². The van der Waals surface area contributed by atoms with Crippen LogP contribution in [0.4, 0.5) is 0 Å². The first-order chi connectivity index (χ1) is 19.6. The minimum atomic E-state index is -0.164. The van der Waals surface area contributed by atoms with Crippen LogP contribution in [0.15, 0.2) is 95.5 Å². The van der Waals surface area contributed by atoms with Crippen molar-refractivity contribution in [3.8, 4) is 0 Å². The third-order valence-corrected chi connectivity index (χ3v) is 7.46. The van der Waals surface area contributed by atoms with E-state index >= 15 is 0 Å². The van der Waals surface area contributed by atoms with Crippen molar-refractivity contribution in [1.29, 1.82) is 0 Å². The summed E-state index contributed by atoms with van der Waals surface area (Å²) in [4.78, 5) is 30.4. The number of piperidine rings is 1. The number of hydrogen-bond acceptors (Lipinski definition) is 4. The van der Waals surface area contributed by atoms with E-state index in [1.807, 2.05) is 65.7 Å². The molecule has 2 aromatic heterocycles. The predicted molar refractivity (Wildman–Crippen MR) is 156 cm³/mol. The lowest BCUT2D eigenvalue weighted by Crippen LogP contribution is -2.44. The molecule has 0 aliphatic carbocycles. The van der Waals surface area contributed by atoms with Crippen LogP contribution in [0.5, 0.6) is 0 Å². The van der Waals surface area contributed by atoms with Gasteiger partial charge in [-0.2, -0.15) is 0 Å². The first-order valence-electron chi connectivity index (χ1n) is 14.2. The highest BCUT2D eigenvalue weighted by Crippen LogP contribution is 2.18. The molecule has 1 aliphatic heterocycles. The Morgan fingerprint density at radius 2 is 1.62 bits per heavy atom. The van der Waals surface area contributed by atoms with E-state index in [1.165, 1.54) is 5.56 Å². The van der Waals surface area contributed by atoms with Crippen molar-refractivity contribution in [2.24, 2.45) is 0 Å². The van der Waals surface area contributed by atoms with Crippen LogP contribution in [0.3, 0.4) is 0 Å². The lowest BCUT2D eigenvalue weighted by Gasteiger charge is -2.32. The number of likely N-dealkylation sites (tertiary alicyclic amines) is 1. The molecule has 1 N–H and O–H groups in total. The molecule has 0 unspecified atom stereocenters. The maximum atomic E-state index is 13.1. The molecule has 0 spiro atoms. The van der Waals surface area contributed by atoms with Crippen LogP contribution in [0.2, 0.25) is 0 Å². The van der Waals surface area contributed by atoms with Gasteiger partial charge in [-0.05, 0) is 61.2 Å². The Bertz CT molecular complexity index is 1370. The third-order valence-electron chi connectivity index (χ3n) is 7.46. The SMILES string of the molecule is CCCN(Cc1cccn1Cc1ccc(C(=O)NC2CCN(Cc3ccccc3)CC2)o1)C(=O)c1ccccc1. The van der Waals surface area contributed by atoms with Crippen LogP contribution in [0, 0.1) is 0 Å². The Kier molecular flexibility index (Phi) is 9.14. The average molecular weight is 539 g/mol. The van der Waals surface area contributed by atoms with Crippen molar-refractivity contribution in [2.75, 3.05) is 19.6 Å². The summed E-state index contributed by atoms with van der Waals surface area (Å²) in [5.74, 6) is 0.903. The molecule has 0 bridgehead atoms. The normalized spacial score (nSPS) is 14.2. The van der Waals surface area contributed by atoms with Gasteiger partial charge in [0.2, 0.25) is 0 Å². The minimum absolute atomic E-state index is 0.0260. The Morgan fingerprint density at radius 3 is 2.35 bits per heavy atom. The molecule has 0 atom stereocenters. The number of amides is 2. The van der Waals surface area contributed by atoms with Gasteiger partial charge in [0.1, 0.15) is 5.76 Å². The smallest absolute Gasteiger partial charge is 0.287 e. The highest BCUT2D eigenvalue weighted by molar-refractivity contribution is 5.94. The molecule has 3 heterocycles. The molecule has 2 aromatic carbocycles. The second-order valence-corrected chi connectivity index (χ2v) is 10.5. The summed E-state index contributed by atoms with van der Waals surface area (Å²) in [6.45, 7) is 6.62. The fourth-order valence-electron chi connectivity index (χ4n) is 5.31. The molecule has 1 saturated heterocycles. The molecular weight excluding hydrogens is 500 g/mol. The van der Waals surface area contributed by atoms with E-state index in [-0.39, 0.29) is 17.9 Å². The Labute approximate surface area is 236 Å².